The predicted octanol–water partition coefficient (Wildman–Crippen LogP) is 17.3. The molecule has 1 atom stereocenters. The second-order valence-corrected chi connectivity index (χ2v) is 16.3. The van der Waals surface area contributed by atoms with E-state index in [2.05, 4.69) is 161 Å². The Morgan fingerprint density at radius 2 is 0.621 bits per heavy atom. The van der Waals surface area contributed by atoms with Crippen molar-refractivity contribution in [1.82, 2.24) is 0 Å². The summed E-state index contributed by atoms with van der Waals surface area (Å²) in [6, 6.07) is 0. The molecule has 0 N–H and O–H groups in total. The van der Waals surface area contributed by atoms with Crippen LogP contribution in [0.25, 0.3) is 0 Å². The maximum atomic E-state index is 12.8. The summed E-state index contributed by atoms with van der Waals surface area (Å²) in [5, 5.41) is 0. The first-order valence-electron chi connectivity index (χ1n) is 25.9. The molecule has 0 saturated heterocycles. The van der Waals surface area contributed by atoms with Crippen LogP contribution < -0.4 is 0 Å². The molecule has 6 nitrogen and oxygen atoms in total. The Labute approximate surface area is 404 Å². The zero-order valence-corrected chi connectivity index (χ0v) is 41.9. The molecule has 0 radical (unpaired) electrons. The van der Waals surface area contributed by atoms with Crippen molar-refractivity contribution >= 4 is 17.9 Å². The zero-order valence-electron chi connectivity index (χ0n) is 41.9. The van der Waals surface area contributed by atoms with Crippen LogP contribution in [0.5, 0.6) is 0 Å². The third-order valence-electron chi connectivity index (χ3n) is 10.1. The highest BCUT2D eigenvalue weighted by Crippen LogP contribution is 2.12. The number of esters is 3. The first-order valence-corrected chi connectivity index (χ1v) is 25.9. The van der Waals surface area contributed by atoms with E-state index in [0.717, 1.165) is 148 Å². The van der Waals surface area contributed by atoms with Crippen molar-refractivity contribution in [2.45, 2.75) is 200 Å². The summed E-state index contributed by atoms with van der Waals surface area (Å²) in [5.41, 5.74) is 0. The van der Waals surface area contributed by atoms with Crippen LogP contribution in [0, 0.1) is 0 Å². The summed E-state index contributed by atoms with van der Waals surface area (Å²) in [6.45, 7) is 6.18. The largest absolute Gasteiger partial charge is 0.462 e. The van der Waals surface area contributed by atoms with Gasteiger partial charge in [-0.25, -0.2) is 0 Å². The van der Waals surface area contributed by atoms with Crippen molar-refractivity contribution in [3.63, 3.8) is 0 Å². The van der Waals surface area contributed by atoms with Gasteiger partial charge in [0.15, 0.2) is 6.10 Å². The number of carbonyl (C=O) groups excluding carboxylic acids is 3. The van der Waals surface area contributed by atoms with Crippen LogP contribution >= 0.6 is 0 Å². The fourth-order valence-corrected chi connectivity index (χ4v) is 6.34. The van der Waals surface area contributed by atoms with E-state index >= 15 is 0 Å². The fourth-order valence-electron chi connectivity index (χ4n) is 6.34. The Balaban J connectivity index is 4.56. The van der Waals surface area contributed by atoms with Gasteiger partial charge in [-0.3, -0.25) is 14.4 Å². The molecule has 0 aliphatic heterocycles. The van der Waals surface area contributed by atoms with Crippen LogP contribution in [0.2, 0.25) is 0 Å². The smallest absolute Gasteiger partial charge is 0.306 e. The van der Waals surface area contributed by atoms with Gasteiger partial charge in [0, 0.05) is 19.3 Å². The summed E-state index contributed by atoms with van der Waals surface area (Å²) in [4.78, 5) is 38.0. The standard InChI is InChI=1S/C60H92O6/c1-4-7-10-13-16-19-22-25-27-29-30-31-33-35-38-41-44-47-50-53-59(62)65-56-57(55-64-58(61)52-49-46-43-40-37-34-24-21-18-15-12-9-6-3)66-60(63)54-51-48-45-42-39-36-32-28-26-23-20-17-14-11-8-5-2/h7-12,15-21,24-28,30-31,35-36,38-39,57H,4-6,13-14,22-23,29,32-34,37,40-56H2,1-3H3/b10-7+,11-8+,12-9+,18-15+,19-16+,20-17+,24-21+,27-25+,28-26+,31-30+,38-35+,39-36+. The quantitative estimate of drug-likeness (QED) is 0.0199. The molecule has 0 bridgehead atoms. The summed E-state index contributed by atoms with van der Waals surface area (Å²) in [6.07, 6.45) is 75.4. The maximum Gasteiger partial charge on any atom is 0.306 e. The Morgan fingerprint density at radius 1 is 0.318 bits per heavy atom. The lowest BCUT2D eigenvalue weighted by Crippen LogP contribution is -2.30. The Morgan fingerprint density at radius 3 is 1.03 bits per heavy atom. The van der Waals surface area contributed by atoms with Crippen LogP contribution in [0.3, 0.4) is 0 Å². The first kappa shape index (κ1) is 61.3. The molecular weight excluding hydrogens is 817 g/mol. The second kappa shape index (κ2) is 52.9. The van der Waals surface area contributed by atoms with Crippen molar-refractivity contribution in [2.24, 2.45) is 0 Å². The fraction of sp³-hybridized carbons (Fsp3) is 0.550. The van der Waals surface area contributed by atoms with Gasteiger partial charge in [0.2, 0.25) is 0 Å². The van der Waals surface area contributed by atoms with E-state index in [1.807, 2.05) is 6.08 Å². The van der Waals surface area contributed by atoms with E-state index in [-0.39, 0.29) is 37.5 Å². The molecule has 0 saturated carbocycles. The third-order valence-corrected chi connectivity index (χ3v) is 10.1. The summed E-state index contributed by atoms with van der Waals surface area (Å²) >= 11 is 0. The highest BCUT2D eigenvalue weighted by Gasteiger charge is 2.19. The van der Waals surface area contributed by atoms with Crippen LogP contribution in [0.1, 0.15) is 194 Å². The average Bonchev–Trinajstić information content (AvgIpc) is 3.31. The summed E-state index contributed by atoms with van der Waals surface area (Å²) in [5.74, 6) is -1.01. The van der Waals surface area contributed by atoms with Crippen molar-refractivity contribution < 1.29 is 28.6 Å². The Kier molecular flexibility index (Phi) is 49.1. The van der Waals surface area contributed by atoms with E-state index in [4.69, 9.17) is 14.2 Å². The molecule has 66 heavy (non-hydrogen) atoms. The summed E-state index contributed by atoms with van der Waals surface area (Å²) < 4.78 is 16.7. The molecule has 1 unspecified atom stereocenters. The van der Waals surface area contributed by atoms with Crippen LogP contribution in [-0.2, 0) is 28.6 Å². The van der Waals surface area contributed by atoms with Crippen LogP contribution in [-0.4, -0.2) is 37.2 Å². The number of unbranched alkanes of at least 4 members (excludes halogenated alkanes) is 11. The predicted molar refractivity (Wildman–Crippen MR) is 283 cm³/mol. The number of allylic oxidation sites excluding steroid dienone is 24. The lowest BCUT2D eigenvalue weighted by Gasteiger charge is -2.18. The molecule has 0 heterocycles. The van der Waals surface area contributed by atoms with Gasteiger partial charge in [-0.2, -0.15) is 0 Å². The van der Waals surface area contributed by atoms with E-state index in [0.29, 0.717) is 19.3 Å². The Hall–Kier alpha value is -4.71. The van der Waals surface area contributed by atoms with Gasteiger partial charge in [-0.15, -0.1) is 0 Å². The molecule has 0 fully saturated rings. The molecule has 6 heteroatoms. The van der Waals surface area contributed by atoms with Gasteiger partial charge in [0.1, 0.15) is 13.2 Å². The molecule has 368 valence electrons. The normalized spacial score (nSPS) is 13.3. The lowest BCUT2D eigenvalue weighted by atomic mass is 10.1. The first-order chi connectivity index (χ1) is 32.5. The number of rotatable bonds is 44. The van der Waals surface area contributed by atoms with E-state index in [1.54, 1.807) is 0 Å². The molecule has 0 aromatic carbocycles. The molecular formula is C60H92O6. The second-order valence-electron chi connectivity index (χ2n) is 16.3. The Bertz CT molecular complexity index is 1510. The molecule has 0 aliphatic rings. The highest BCUT2D eigenvalue weighted by atomic mass is 16.6. The van der Waals surface area contributed by atoms with Crippen molar-refractivity contribution in [3.05, 3.63) is 146 Å². The lowest BCUT2D eigenvalue weighted by molar-refractivity contribution is -0.167. The minimum absolute atomic E-state index is 0.119. The molecule has 0 aliphatic carbocycles. The van der Waals surface area contributed by atoms with Crippen LogP contribution in [0.15, 0.2) is 146 Å². The molecule has 0 amide bonds. The average molecular weight is 909 g/mol. The number of hydrogen-bond donors (Lipinski definition) is 0. The van der Waals surface area contributed by atoms with Crippen molar-refractivity contribution in [1.29, 1.82) is 0 Å². The van der Waals surface area contributed by atoms with Gasteiger partial charge in [-0.1, -0.05) is 199 Å². The van der Waals surface area contributed by atoms with Gasteiger partial charge in [0.05, 0.1) is 0 Å². The molecule has 0 aromatic heterocycles. The van der Waals surface area contributed by atoms with Gasteiger partial charge < -0.3 is 14.2 Å². The zero-order chi connectivity index (χ0) is 47.9. The van der Waals surface area contributed by atoms with Crippen molar-refractivity contribution in [3.8, 4) is 0 Å². The minimum atomic E-state index is -0.823. The molecule has 0 rings (SSSR count). The van der Waals surface area contributed by atoms with Gasteiger partial charge in [0.25, 0.3) is 0 Å². The summed E-state index contributed by atoms with van der Waals surface area (Å²) in [7, 11) is 0. The van der Waals surface area contributed by atoms with E-state index in [1.165, 1.54) is 0 Å². The number of carbonyl (C=O) groups is 3. The minimum Gasteiger partial charge on any atom is -0.462 e. The molecule has 0 aromatic rings. The highest BCUT2D eigenvalue weighted by molar-refractivity contribution is 5.71. The topological polar surface area (TPSA) is 78.9 Å². The van der Waals surface area contributed by atoms with Crippen molar-refractivity contribution in [2.75, 3.05) is 13.2 Å². The van der Waals surface area contributed by atoms with E-state index in [9.17, 15) is 14.4 Å². The van der Waals surface area contributed by atoms with Gasteiger partial charge >= 0.3 is 17.9 Å². The van der Waals surface area contributed by atoms with E-state index < -0.39 is 6.10 Å². The number of ether oxygens (including phenoxy) is 3. The number of hydrogen-bond acceptors (Lipinski definition) is 6. The molecule has 0 spiro atoms. The van der Waals surface area contributed by atoms with Crippen LogP contribution in [0.4, 0.5) is 0 Å². The third kappa shape index (κ3) is 50.3. The SMILES string of the molecule is CC/C=C/C=C/C=C/CCCCCCCC(=O)OCC(COC(=O)CCCCC/C=C/C/C=C/C/C=C/C/C=C/C/C=C/CC)OC(=O)CCCCC/C=C/C/C=C/C/C=C/C/C=C/CC. The monoisotopic (exact) mass is 909 g/mol. The van der Waals surface area contributed by atoms with Gasteiger partial charge in [-0.05, 0) is 122 Å². The maximum absolute atomic E-state index is 12.8.